The van der Waals surface area contributed by atoms with Gasteiger partial charge in [-0.25, -0.2) is 0 Å². The maximum Gasteiger partial charge on any atom is 0.303 e. The molecule has 1 rings (SSSR count). The molecule has 0 spiro atoms. The van der Waals surface area contributed by atoms with E-state index in [1.807, 2.05) is 6.92 Å². The molecule has 0 aromatic heterocycles. The summed E-state index contributed by atoms with van der Waals surface area (Å²) in [5.41, 5.74) is 0.261. The molecule has 1 atom stereocenters. The van der Waals surface area contributed by atoms with Crippen molar-refractivity contribution in [3.8, 4) is 5.75 Å². The van der Waals surface area contributed by atoms with Crippen molar-refractivity contribution in [2.45, 2.75) is 52.2 Å². The van der Waals surface area contributed by atoms with Crippen molar-refractivity contribution in [2.75, 3.05) is 0 Å². The summed E-state index contributed by atoms with van der Waals surface area (Å²) in [6, 6.07) is 5.18. The molecule has 6 heteroatoms. The van der Waals surface area contributed by atoms with Gasteiger partial charge in [-0.1, -0.05) is 11.6 Å². The lowest BCUT2D eigenvalue weighted by Crippen LogP contribution is -2.48. The molecule has 0 saturated carbocycles. The number of carboxylic acids is 1. The molecule has 0 aliphatic rings. The number of carbonyl (C=O) groups excluding carboxylic acids is 1. The van der Waals surface area contributed by atoms with Gasteiger partial charge in [-0.05, 0) is 57.9 Å². The Balaban J connectivity index is 2.60. The topological polar surface area (TPSA) is 75.6 Å². The number of hydrogen-bond acceptors (Lipinski definition) is 3. The van der Waals surface area contributed by atoms with Crippen molar-refractivity contribution < 1.29 is 19.4 Å². The number of carboxylic acid groups (broad SMARTS) is 1. The van der Waals surface area contributed by atoms with Gasteiger partial charge in [0, 0.05) is 17.0 Å². The Bertz CT molecular complexity index is 557. The number of amides is 1. The Morgan fingerprint density at radius 3 is 2.59 bits per heavy atom. The first-order valence-corrected chi connectivity index (χ1v) is 7.45. The fourth-order valence-electron chi connectivity index (χ4n) is 1.87. The van der Waals surface area contributed by atoms with Crippen LogP contribution in [-0.2, 0) is 9.59 Å². The molecule has 0 saturated heterocycles. The summed E-state index contributed by atoms with van der Waals surface area (Å²) in [6.07, 6.45) is -0.343. The monoisotopic (exact) mass is 327 g/mol. The van der Waals surface area contributed by atoms with Crippen LogP contribution in [0.3, 0.4) is 0 Å². The zero-order valence-corrected chi connectivity index (χ0v) is 14.0. The lowest BCUT2D eigenvalue weighted by molar-refractivity contribution is -0.138. The number of ether oxygens (including phenoxy) is 1. The van der Waals surface area contributed by atoms with Crippen molar-refractivity contribution >= 4 is 23.5 Å². The zero-order valence-electron chi connectivity index (χ0n) is 13.3. The molecule has 1 unspecified atom stereocenters. The van der Waals surface area contributed by atoms with Crippen LogP contribution in [0.5, 0.6) is 5.75 Å². The van der Waals surface area contributed by atoms with Crippen LogP contribution >= 0.6 is 11.6 Å². The van der Waals surface area contributed by atoms with Crippen LogP contribution in [0.15, 0.2) is 18.2 Å². The minimum Gasteiger partial charge on any atom is -0.481 e. The maximum atomic E-state index is 12.1. The molecule has 0 aliphatic heterocycles. The highest BCUT2D eigenvalue weighted by Gasteiger charge is 2.25. The van der Waals surface area contributed by atoms with Crippen LogP contribution in [0, 0.1) is 6.92 Å². The molecule has 1 amide bonds. The summed E-state index contributed by atoms with van der Waals surface area (Å²) in [7, 11) is 0. The van der Waals surface area contributed by atoms with Gasteiger partial charge in [0.1, 0.15) is 5.75 Å². The Kier molecular flexibility index (Phi) is 6.23. The van der Waals surface area contributed by atoms with E-state index in [9.17, 15) is 9.59 Å². The van der Waals surface area contributed by atoms with Crippen LogP contribution in [-0.4, -0.2) is 28.6 Å². The van der Waals surface area contributed by atoms with Gasteiger partial charge in [-0.2, -0.15) is 0 Å². The Morgan fingerprint density at radius 2 is 2.05 bits per heavy atom. The zero-order chi connectivity index (χ0) is 16.9. The second-order valence-electron chi connectivity index (χ2n) is 5.94. The highest BCUT2D eigenvalue weighted by Crippen LogP contribution is 2.22. The summed E-state index contributed by atoms with van der Waals surface area (Å²) in [6.45, 7) is 7.07. The Labute approximate surface area is 135 Å². The van der Waals surface area contributed by atoms with E-state index in [1.165, 1.54) is 0 Å². The van der Waals surface area contributed by atoms with E-state index < -0.39 is 17.6 Å². The van der Waals surface area contributed by atoms with Crippen LogP contribution < -0.4 is 10.1 Å². The van der Waals surface area contributed by atoms with Gasteiger partial charge in [0.15, 0.2) is 6.10 Å². The van der Waals surface area contributed by atoms with Crippen molar-refractivity contribution in [2.24, 2.45) is 0 Å². The van der Waals surface area contributed by atoms with E-state index in [4.69, 9.17) is 21.4 Å². The second-order valence-corrected chi connectivity index (χ2v) is 6.35. The normalized spacial score (nSPS) is 12.6. The molecular weight excluding hydrogens is 306 g/mol. The number of rotatable bonds is 7. The number of nitrogens with one attached hydrogen (secondary N) is 1. The molecule has 0 radical (unpaired) electrons. The molecule has 0 heterocycles. The molecule has 1 aromatic carbocycles. The van der Waals surface area contributed by atoms with Crippen molar-refractivity contribution in [3.05, 3.63) is 28.8 Å². The molecule has 1 aromatic rings. The van der Waals surface area contributed by atoms with Crippen LogP contribution in [0.1, 0.15) is 39.2 Å². The van der Waals surface area contributed by atoms with Gasteiger partial charge in [0.25, 0.3) is 5.91 Å². The number of halogens is 1. The van der Waals surface area contributed by atoms with Gasteiger partial charge in [-0.3, -0.25) is 9.59 Å². The number of aliphatic carboxylic acids is 1. The second kappa shape index (κ2) is 7.49. The number of hydrogen-bond donors (Lipinski definition) is 2. The Hall–Kier alpha value is -1.75. The third kappa shape index (κ3) is 5.93. The highest BCUT2D eigenvalue weighted by atomic mass is 35.5. The first-order chi connectivity index (χ1) is 10.1. The van der Waals surface area contributed by atoms with Crippen molar-refractivity contribution in [1.82, 2.24) is 5.32 Å². The highest BCUT2D eigenvalue weighted by molar-refractivity contribution is 6.31. The van der Waals surface area contributed by atoms with E-state index in [0.717, 1.165) is 5.56 Å². The average molecular weight is 328 g/mol. The molecular formula is C16H22ClNO4. The van der Waals surface area contributed by atoms with E-state index in [-0.39, 0.29) is 12.3 Å². The smallest absolute Gasteiger partial charge is 0.303 e. The fraction of sp³-hybridized carbons (Fsp3) is 0.500. The first kappa shape index (κ1) is 18.3. The quantitative estimate of drug-likeness (QED) is 0.806. The molecule has 0 aliphatic carbocycles. The lowest BCUT2D eigenvalue weighted by Gasteiger charge is -2.27. The first-order valence-electron chi connectivity index (χ1n) is 7.07. The molecule has 0 bridgehead atoms. The lowest BCUT2D eigenvalue weighted by atomic mass is 9.98. The summed E-state index contributed by atoms with van der Waals surface area (Å²) in [5.74, 6) is -0.612. The molecule has 22 heavy (non-hydrogen) atoms. The van der Waals surface area contributed by atoms with Crippen molar-refractivity contribution in [3.63, 3.8) is 0 Å². The predicted molar refractivity (Wildman–Crippen MR) is 85.4 cm³/mol. The van der Waals surface area contributed by atoms with Gasteiger partial charge in [0.05, 0.1) is 0 Å². The van der Waals surface area contributed by atoms with Crippen LogP contribution in [0.25, 0.3) is 0 Å². The summed E-state index contributed by atoms with van der Waals surface area (Å²) < 4.78 is 5.60. The summed E-state index contributed by atoms with van der Waals surface area (Å²) in [4.78, 5) is 22.8. The minimum absolute atomic E-state index is 0.00109. The van der Waals surface area contributed by atoms with E-state index in [1.54, 1.807) is 39.0 Å². The minimum atomic E-state index is -0.886. The number of carbonyl (C=O) groups is 2. The third-order valence-electron chi connectivity index (χ3n) is 3.24. The van der Waals surface area contributed by atoms with Crippen LogP contribution in [0.4, 0.5) is 0 Å². The van der Waals surface area contributed by atoms with Gasteiger partial charge < -0.3 is 15.2 Å². The third-order valence-corrected chi connectivity index (χ3v) is 3.66. The molecule has 5 nitrogen and oxygen atoms in total. The summed E-state index contributed by atoms with van der Waals surface area (Å²) >= 11 is 5.94. The summed E-state index contributed by atoms with van der Waals surface area (Å²) in [5, 5.41) is 12.2. The standard InChI is InChI=1S/C16H22ClNO4/c1-10-9-12(5-6-13(10)17)22-11(2)15(21)18-16(3,4)8-7-14(19)20/h5-6,9,11H,7-8H2,1-4H3,(H,18,21)(H,19,20). The van der Waals surface area contributed by atoms with E-state index in [2.05, 4.69) is 5.32 Å². The number of benzene rings is 1. The molecule has 122 valence electrons. The van der Waals surface area contributed by atoms with Gasteiger partial charge in [-0.15, -0.1) is 0 Å². The van der Waals surface area contributed by atoms with E-state index >= 15 is 0 Å². The fourth-order valence-corrected chi connectivity index (χ4v) is 1.98. The maximum absolute atomic E-state index is 12.1. The molecule has 2 N–H and O–H groups in total. The average Bonchev–Trinajstić information content (AvgIpc) is 2.40. The van der Waals surface area contributed by atoms with Gasteiger partial charge in [0.2, 0.25) is 0 Å². The predicted octanol–water partition coefficient (Wildman–Crippen LogP) is 3.18. The largest absolute Gasteiger partial charge is 0.481 e. The van der Waals surface area contributed by atoms with Crippen LogP contribution in [0.2, 0.25) is 5.02 Å². The SMILES string of the molecule is Cc1cc(OC(C)C(=O)NC(C)(C)CCC(=O)O)ccc1Cl. The van der Waals surface area contributed by atoms with Gasteiger partial charge >= 0.3 is 5.97 Å². The van der Waals surface area contributed by atoms with Crippen molar-refractivity contribution in [1.29, 1.82) is 0 Å². The molecule has 0 fully saturated rings. The number of aryl methyl sites for hydroxylation is 1. The van der Waals surface area contributed by atoms with E-state index in [0.29, 0.717) is 17.2 Å². The Morgan fingerprint density at radius 1 is 1.41 bits per heavy atom.